The molecular formula is C37H32FeN6O8. The van der Waals surface area contributed by atoms with Crippen molar-refractivity contribution in [2.45, 2.75) is 32.6 Å². The van der Waals surface area contributed by atoms with Crippen molar-refractivity contribution < 1.29 is 47.3 Å². The first-order chi connectivity index (χ1) is 24.3. The van der Waals surface area contributed by atoms with Gasteiger partial charge in [-0.25, -0.2) is 0 Å². The van der Waals surface area contributed by atoms with Gasteiger partial charge in [-0.3, -0.25) is 20.2 Å². The van der Waals surface area contributed by atoms with Crippen molar-refractivity contribution in [3.63, 3.8) is 0 Å². The molecule has 266 valence electrons. The summed E-state index contributed by atoms with van der Waals surface area (Å²) >= 11 is 0. The van der Waals surface area contributed by atoms with Crippen LogP contribution in [0, 0.1) is 20.2 Å². The van der Waals surface area contributed by atoms with Gasteiger partial charge in [-0.05, 0) is 52.4 Å². The largest absolute Gasteiger partial charge is 0.506 e. The molecule has 0 bridgehead atoms. The van der Waals surface area contributed by atoms with Crippen LogP contribution < -0.4 is 0 Å². The smallest absolute Gasteiger partial charge is 0.313 e. The molecule has 0 atom stereocenters. The van der Waals surface area contributed by atoms with Crippen LogP contribution >= 0.6 is 0 Å². The molecule has 0 aliphatic rings. The molecule has 0 unspecified atom stereocenters. The van der Waals surface area contributed by atoms with Crippen molar-refractivity contribution in [1.29, 1.82) is 0 Å². The average molecular weight is 745 g/mol. The Morgan fingerprint density at radius 2 is 1.13 bits per heavy atom. The van der Waals surface area contributed by atoms with Gasteiger partial charge in [-0.2, -0.15) is 0 Å². The fourth-order valence-corrected chi connectivity index (χ4v) is 5.03. The molecule has 0 heterocycles. The van der Waals surface area contributed by atoms with E-state index < -0.39 is 21.3 Å². The summed E-state index contributed by atoms with van der Waals surface area (Å²) in [6.07, 6.45) is 0.746. The number of nitro benzene ring substituents is 2. The third-order valence-corrected chi connectivity index (χ3v) is 8.38. The molecule has 6 aromatic rings. The van der Waals surface area contributed by atoms with Gasteiger partial charge in [-0.15, -0.1) is 20.5 Å². The van der Waals surface area contributed by atoms with Gasteiger partial charge in [0.15, 0.2) is 0 Å². The molecule has 0 spiro atoms. The van der Waals surface area contributed by atoms with Crippen LogP contribution in [0.25, 0.3) is 21.5 Å². The number of nitrogens with zero attached hydrogens (tertiary/aromatic N) is 6. The van der Waals surface area contributed by atoms with Gasteiger partial charge in [0.05, 0.1) is 15.9 Å². The summed E-state index contributed by atoms with van der Waals surface area (Å²) in [7, 11) is 0. The van der Waals surface area contributed by atoms with E-state index >= 15 is 0 Å². The number of rotatable bonds is 8. The van der Waals surface area contributed by atoms with Crippen LogP contribution in [-0.4, -0.2) is 30.3 Å². The number of hydrogen-bond acceptors (Lipinski definition) is 12. The predicted molar refractivity (Wildman–Crippen MR) is 192 cm³/mol. The van der Waals surface area contributed by atoms with Crippen molar-refractivity contribution in [1.82, 2.24) is 0 Å². The van der Waals surface area contributed by atoms with Crippen LogP contribution in [0.2, 0.25) is 0 Å². The molecule has 0 saturated carbocycles. The summed E-state index contributed by atoms with van der Waals surface area (Å²) < 4.78 is 0. The zero-order chi connectivity index (χ0) is 36.9. The van der Waals surface area contributed by atoms with Crippen molar-refractivity contribution in [3.05, 3.63) is 129 Å². The Morgan fingerprint density at radius 1 is 0.615 bits per heavy atom. The van der Waals surface area contributed by atoms with Gasteiger partial charge < -0.3 is 20.4 Å². The summed E-state index contributed by atoms with van der Waals surface area (Å²) in [5, 5.41) is 81.4. The maximum atomic E-state index is 11.4. The normalized spacial score (nSPS) is 11.4. The first kappa shape index (κ1) is 38.4. The summed E-state index contributed by atoms with van der Waals surface area (Å²) in [5.41, 5.74) is 0.229. The molecule has 15 heteroatoms. The minimum atomic E-state index is -0.640. The molecule has 14 nitrogen and oxygen atoms in total. The molecule has 0 aliphatic heterocycles. The number of non-ortho nitro benzene ring substituents is 1. The Morgan fingerprint density at radius 3 is 1.62 bits per heavy atom. The van der Waals surface area contributed by atoms with Crippen LogP contribution in [0.5, 0.6) is 23.0 Å². The molecule has 0 radical (unpaired) electrons. The van der Waals surface area contributed by atoms with Crippen LogP contribution in [0.3, 0.4) is 0 Å². The van der Waals surface area contributed by atoms with Gasteiger partial charge in [-0.1, -0.05) is 81.4 Å². The second kappa shape index (κ2) is 16.1. The quantitative estimate of drug-likeness (QED) is 0.0507. The number of fused-ring (bicyclic) bond motifs is 2. The Hall–Kier alpha value is -6.44. The van der Waals surface area contributed by atoms with E-state index in [1.807, 2.05) is 57.2 Å². The SMILES string of the molecule is CCC(C)(C)c1cc(N=Nc2c(O)ccc3ccccc23)c(O)c([N+](=O)[O-])c1.O=[N+]([O-])c1ccc(N=Nc2c(O)ccc3ccccc23)c(O)c1.[Fe]. The average Bonchev–Trinajstić information content (AvgIpc) is 3.11. The van der Waals surface area contributed by atoms with E-state index in [0.717, 1.165) is 23.3 Å². The fourth-order valence-electron chi connectivity index (χ4n) is 5.03. The summed E-state index contributed by atoms with van der Waals surface area (Å²) in [4.78, 5) is 20.8. The van der Waals surface area contributed by atoms with Crippen LogP contribution in [-0.2, 0) is 22.5 Å². The van der Waals surface area contributed by atoms with Gasteiger partial charge in [0, 0.05) is 40.0 Å². The summed E-state index contributed by atoms with van der Waals surface area (Å²) in [6, 6.07) is 27.7. The molecule has 52 heavy (non-hydrogen) atoms. The molecule has 4 N–H and O–H groups in total. The first-order valence-electron chi connectivity index (χ1n) is 15.5. The molecular weight excluding hydrogens is 712 g/mol. The number of phenols is 4. The summed E-state index contributed by atoms with van der Waals surface area (Å²) in [5.74, 6) is -1.03. The second-order valence-electron chi connectivity index (χ2n) is 12.0. The van der Waals surface area contributed by atoms with Gasteiger partial charge in [0.2, 0.25) is 5.75 Å². The second-order valence-corrected chi connectivity index (χ2v) is 12.0. The van der Waals surface area contributed by atoms with Gasteiger partial charge in [0.1, 0.15) is 40.0 Å². The van der Waals surface area contributed by atoms with Crippen molar-refractivity contribution in [2.24, 2.45) is 20.5 Å². The van der Waals surface area contributed by atoms with E-state index in [1.54, 1.807) is 30.3 Å². The number of hydrogen-bond donors (Lipinski definition) is 4. The monoisotopic (exact) mass is 744 g/mol. The third-order valence-electron chi connectivity index (χ3n) is 8.38. The molecule has 0 aromatic heterocycles. The Balaban J connectivity index is 0.000000232. The first-order valence-corrected chi connectivity index (χ1v) is 15.5. The zero-order valence-corrected chi connectivity index (χ0v) is 29.1. The minimum absolute atomic E-state index is 0. The van der Waals surface area contributed by atoms with Crippen molar-refractivity contribution >= 4 is 55.7 Å². The molecule has 0 saturated heterocycles. The third kappa shape index (κ3) is 8.29. The number of phenolic OH excluding ortho intramolecular Hbond substituents is 4. The standard InChI is InChI=1S/C21H21N3O4.C16H11N3O4.Fe/c1-4-21(2,3)14-11-16(20(26)17(12-14)24(27)28)22-23-19-15-8-6-5-7-13(15)9-10-18(19)25;20-14-8-5-10-3-1-2-4-12(10)16(14)18-17-13-7-6-11(19(22)23)9-15(13)21;/h5-12,25-26H,4H2,1-3H3;1-9,20-21H;. The van der Waals surface area contributed by atoms with E-state index in [1.165, 1.54) is 30.3 Å². The molecule has 0 amide bonds. The molecule has 0 aliphatic carbocycles. The molecule has 0 fully saturated rings. The van der Waals surface area contributed by atoms with Crippen molar-refractivity contribution in [2.75, 3.05) is 0 Å². The Kier molecular flexibility index (Phi) is 11.8. The van der Waals surface area contributed by atoms with Crippen LogP contribution in [0.4, 0.5) is 34.1 Å². The van der Waals surface area contributed by atoms with E-state index in [9.17, 15) is 40.7 Å². The molecule has 6 rings (SSSR count). The van der Waals surface area contributed by atoms with Crippen molar-refractivity contribution in [3.8, 4) is 23.0 Å². The maximum Gasteiger partial charge on any atom is 0.313 e. The topological polar surface area (TPSA) is 217 Å². The minimum Gasteiger partial charge on any atom is -0.506 e. The van der Waals surface area contributed by atoms with E-state index in [4.69, 9.17) is 0 Å². The van der Waals surface area contributed by atoms with Gasteiger partial charge in [0.25, 0.3) is 5.69 Å². The zero-order valence-electron chi connectivity index (χ0n) is 28.0. The number of aromatic hydroxyl groups is 4. The van der Waals surface area contributed by atoms with Gasteiger partial charge >= 0.3 is 5.69 Å². The number of nitro groups is 2. The van der Waals surface area contributed by atoms with E-state index in [-0.39, 0.29) is 68.2 Å². The summed E-state index contributed by atoms with van der Waals surface area (Å²) in [6.45, 7) is 5.90. The van der Waals surface area contributed by atoms with E-state index in [0.29, 0.717) is 16.3 Å². The molecule has 6 aromatic carbocycles. The number of benzene rings is 6. The maximum absolute atomic E-state index is 11.4. The Labute approximate surface area is 307 Å². The predicted octanol–water partition coefficient (Wildman–Crippen LogP) is 10.8. The van der Waals surface area contributed by atoms with Crippen LogP contribution in [0.15, 0.2) is 124 Å². The Bertz CT molecular complexity index is 2360. The number of azo groups is 2. The van der Waals surface area contributed by atoms with E-state index in [2.05, 4.69) is 20.5 Å². The fraction of sp³-hybridized carbons (Fsp3) is 0.135. The van der Waals surface area contributed by atoms with Crippen LogP contribution in [0.1, 0.15) is 32.8 Å².